The fourth-order valence-electron chi connectivity index (χ4n) is 2.37. The fourth-order valence-corrected chi connectivity index (χ4v) is 2.37. The van der Waals surface area contributed by atoms with E-state index in [1.165, 1.54) is 6.21 Å². The van der Waals surface area contributed by atoms with E-state index in [2.05, 4.69) is 30.9 Å². The second-order valence-electron chi connectivity index (χ2n) is 7.26. The lowest BCUT2D eigenvalue weighted by Crippen LogP contribution is -2.32. The number of aromatic amines is 1. The van der Waals surface area contributed by atoms with Gasteiger partial charge in [-0.1, -0.05) is 45.0 Å². The predicted octanol–water partition coefficient (Wildman–Crippen LogP) is 3.00. The molecule has 6 nitrogen and oxygen atoms in total. The Hall–Kier alpha value is -3.15. The molecule has 0 unspecified atom stereocenters. The van der Waals surface area contributed by atoms with Crippen molar-refractivity contribution in [2.45, 2.75) is 20.8 Å². The first-order valence-corrected chi connectivity index (χ1v) is 8.35. The molecule has 3 aromatic rings. The van der Waals surface area contributed by atoms with E-state index < -0.39 is 11.2 Å². The number of hydrogen-bond acceptors (Lipinski definition) is 4. The lowest BCUT2D eigenvalue weighted by Gasteiger charge is -2.18. The molecule has 0 bridgehead atoms. The van der Waals surface area contributed by atoms with Crippen molar-refractivity contribution in [2.75, 3.05) is 6.61 Å². The third-order valence-corrected chi connectivity index (χ3v) is 3.64. The number of rotatable bonds is 4. The second-order valence-corrected chi connectivity index (χ2v) is 7.26. The number of hydrogen-bond donors (Lipinski definition) is 1. The maximum atomic E-state index is 12.5. The van der Waals surface area contributed by atoms with Crippen LogP contribution in [0.5, 0.6) is 5.75 Å². The number of nitrogens with zero attached hydrogens (tertiary/aromatic N) is 2. The first-order valence-electron chi connectivity index (χ1n) is 8.35. The summed E-state index contributed by atoms with van der Waals surface area (Å²) in [6, 6.07) is 14.2. The van der Waals surface area contributed by atoms with Crippen LogP contribution in [0.4, 0.5) is 0 Å². The summed E-state index contributed by atoms with van der Waals surface area (Å²) in [5, 5.41) is 4.46. The number of H-pyrrole nitrogens is 1. The van der Waals surface area contributed by atoms with Crippen molar-refractivity contribution < 1.29 is 4.74 Å². The van der Waals surface area contributed by atoms with Gasteiger partial charge in [-0.2, -0.15) is 5.10 Å². The maximum absolute atomic E-state index is 12.5. The predicted molar refractivity (Wildman–Crippen MR) is 103 cm³/mol. The Morgan fingerprint density at radius 1 is 1.12 bits per heavy atom. The zero-order valence-corrected chi connectivity index (χ0v) is 15.0. The van der Waals surface area contributed by atoms with Gasteiger partial charge >= 0.3 is 5.69 Å². The molecule has 6 heteroatoms. The molecule has 0 aliphatic rings. The standard InChI is InChI=1S/C20H21N3O3/c1-20(2,3)13-26-15-8-6-7-14(11-15)12-21-23-18(24)16-9-4-5-10-17(16)22-19(23)25/h4-12H,13H2,1-3H3,(H,22,25). The molecule has 0 radical (unpaired) electrons. The molecule has 3 rings (SSSR count). The largest absolute Gasteiger partial charge is 0.493 e. The first-order chi connectivity index (χ1) is 12.3. The van der Waals surface area contributed by atoms with Crippen LogP contribution < -0.4 is 16.0 Å². The molecular weight excluding hydrogens is 330 g/mol. The monoisotopic (exact) mass is 351 g/mol. The van der Waals surface area contributed by atoms with E-state index >= 15 is 0 Å². The molecule has 26 heavy (non-hydrogen) atoms. The van der Waals surface area contributed by atoms with Crippen LogP contribution in [0, 0.1) is 5.41 Å². The molecule has 1 heterocycles. The van der Waals surface area contributed by atoms with Gasteiger partial charge in [-0.25, -0.2) is 4.79 Å². The average molecular weight is 351 g/mol. The van der Waals surface area contributed by atoms with E-state index in [-0.39, 0.29) is 5.41 Å². The van der Waals surface area contributed by atoms with E-state index in [9.17, 15) is 9.59 Å². The minimum absolute atomic E-state index is 0.0514. The summed E-state index contributed by atoms with van der Waals surface area (Å²) in [5.41, 5.74) is 0.240. The van der Waals surface area contributed by atoms with Gasteiger partial charge in [0.2, 0.25) is 0 Å². The van der Waals surface area contributed by atoms with Gasteiger partial charge < -0.3 is 9.72 Å². The molecular formula is C20H21N3O3. The van der Waals surface area contributed by atoms with Gasteiger partial charge in [-0.3, -0.25) is 4.79 Å². The zero-order chi connectivity index (χ0) is 18.7. The highest BCUT2D eigenvalue weighted by molar-refractivity contribution is 5.80. The highest BCUT2D eigenvalue weighted by Gasteiger charge is 2.11. The van der Waals surface area contributed by atoms with Gasteiger partial charge in [0, 0.05) is 0 Å². The molecule has 134 valence electrons. The SMILES string of the molecule is CC(C)(C)COc1cccc(C=Nn2c(=O)[nH]c3ccccc3c2=O)c1. The van der Waals surface area contributed by atoms with Crippen molar-refractivity contribution in [1.82, 2.24) is 9.66 Å². The van der Waals surface area contributed by atoms with Crippen LogP contribution in [-0.4, -0.2) is 22.5 Å². The number of nitrogens with one attached hydrogen (secondary N) is 1. The molecule has 0 saturated carbocycles. The Labute approximate surface area is 150 Å². The van der Waals surface area contributed by atoms with E-state index in [1.54, 1.807) is 24.3 Å². The molecule has 1 N–H and O–H groups in total. The molecule has 0 amide bonds. The molecule has 0 aliphatic heterocycles. The topological polar surface area (TPSA) is 76.5 Å². The summed E-state index contributed by atoms with van der Waals surface area (Å²) >= 11 is 0. The highest BCUT2D eigenvalue weighted by atomic mass is 16.5. The molecule has 0 fully saturated rings. The van der Waals surface area contributed by atoms with Crippen molar-refractivity contribution in [3.05, 3.63) is 74.9 Å². The van der Waals surface area contributed by atoms with Crippen molar-refractivity contribution in [3.8, 4) is 5.75 Å². The lowest BCUT2D eigenvalue weighted by atomic mass is 9.99. The van der Waals surface area contributed by atoms with Crippen LogP contribution in [0.3, 0.4) is 0 Å². The van der Waals surface area contributed by atoms with Gasteiger partial charge in [0.05, 0.1) is 23.7 Å². The normalized spacial score (nSPS) is 12.0. The quantitative estimate of drug-likeness (QED) is 0.734. The summed E-state index contributed by atoms with van der Waals surface area (Å²) in [5.74, 6) is 0.712. The summed E-state index contributed by atoms with van der Waals surface area (Å²) in [4.78, 5) is 27.2. The first kappa shape index (κ1) is 17.7. The molecule has 0 atom stereocenters. The average Bonchev–Trinajstić information content (AvgIpc) is 2.59. The number of para-hydroxylation sites is 1. The fraction of sp³-hybridized carbons (Fsp3) is 0.250. The molecule has 2 aromatic carbocycles. The van der Waals surface area contributed by atoms with Crippen LogP contribution in [-0.2, 0) is 0 Å². The van der Waals surface area contributed by atoms with Crippen LogP contribution in [0.2, 0.25) is 0 Å². The molecule has 0 saturated heterocycles. The van der Waals surface area contributed by atoms with Crippen LogP contribution in [0.1, 0.15) is 26.3 Å². The summed E-state index contributed by atoms with van der Waals surface area (Å²) in [6.45, 7) is 6.86. The summed E-state index contributed by atoms with van der Waals surface area (Å²) in [6.07, 6.45) is 1.47. The van der Waals surface area contributed by atoms with E-state index in [4.69, 9.17) is 4.74 Å². The van der Waals surface area contributed by atoms with Gasteiger partial charge in [-0.05, 0) is 35.2 Å². The number of fused-ring (bicyclic) bond motifs is 1. The molecule has 1 aromatic heterocycles. The minimum Gasteiger partial charge on any atom is -0.493 e. The molecule has 0 spiro atoms. The van der Waals surface area contributed by atoms with Crippen LogP contribution in [0.25, 0.3) is 10.9 Å². The highest BCUT2D eigenvalue weighted by Crippen LogP contribution is 2.18. The second kappa shape index (κ2) is 7.00. The number of ether oxygens (including phenoxy) is 1. The van der Waals surface area contributed by atoms with Crippen LogP contribution in [0.15, 0.2) is 63.2 Å². The molecule has 0 aliphatic carbocycles. The van der Waals surface area contributed by atoms with Crippen LogP contribution >= 0.6 is 0 Å². The Balaban J connectivity index is 1.90. The zero-order valence-electron chi connectivity index (χ0n) is 15.0. The Morgan fingerprint density at radius 3 is 2.65 bits per heavy atom. The Morgan fingerprint density at radius 2 is 1.88 bits per heavy atom. The van der Waals surface area contributed by atoms with Crippen molar-refractivity contribution in [1.29, 1.82) is 0 Å². The van der Waals surface area contributed by atoms with E-state index in [1.807, 2.05) is 24.3 Å². The third kappa shape index (κ3) is 4.08. The Kier molecular flexibility index (Phi) is 4.75. The number of benzene rings is 2. The smallest absolute Gasteiger partial charge is 0.349 e. The van der Waals surface area contributed by atoms with E-state index in [0.717, 1.165) is 10.2 Å². The third-order valence-electron chi connectivity index (χ3n) is 3.64. The van der Waals surface area contributed by atoms with Crippen molar-refractivity contribution >= 4 is 17.1 Å². The van der Waals surface area contributed by atoms with Gasteiger partial charge in [0.25, 0.3) is 5.56 Å². The van der Waals surface area contributed by atoms with E-state index in [0.29, 0.717) is 23.3 Å². The van der Waals surface area contributed by atoms with Gasteiger partial charge in [-0.15, -0.1) is 4.68 Å². The Bertz CT molecular complexity index is 1070. The van der Waals surface area contributed by atoms with Crippen molar-refractivity contribution in [3.63, 3.8) is 0 Å². The lowest BCUT2D eigenvalue weighted by molar-refractivity contribution is 0.198. The van der Waals surface area contributed by atoms with Crippen molar-refractivity contribution in [2.24, 2.45) is 10.5 Å². The maximum Gasteiger partial charge on any atom is 0.349 e. The summed E-state index contributed by atoms with van der Waals surface area (Å²) in [7, 11) is 0. The summed E-state index contributed by atoms with van der Waals surface area (Å²) < 4.78 is 6.59. The van der Waals surface area contributed by atoms with Gasteiger partial charge in [0.15, 0.2) is 0 Å². The number of aromatic nitrogens is 2. The minimum atomic E-state index is -0.579. The van der Waals surface area contributed by atoms with Gasteiger partial charge in [0.1, 0.15) is 5.75 Å².